The number of benzene rings is 1. The number of ether oxygens (including phenoxy) is 1. The van der Waals surface area contributed by atoms with Crippen molar-refractivity contribution in [3.8, 4) is 5.75 Å². The summed E-state index contributed by atoms with van der Waals surface area (Å²) in [5, 5.41) is 27.7. The fourth-order valence-corrected chi connectivity index (χ4v) is 1.83. The van der Waals surface area contributed by atoms with Crippen LogP contribution in [-0.4, -0.2) is 65.8 Å². The molecule has 0 bridgehead atoms. The Hall–Kier alpha value is -1.14. The van der Waals surface area contributed by atoms with E-state index in [4.69, 9.17) is 14.9 Å². The van der Waals surface area contributed by atoms with Gasteiger partial charge in [0.2, 0.25) is 0 Å². The first-order valence-corrected chi connectivity index (χ1v) is 6.48. The molecule has 0 fully saturated rings. The summed E-state index contributed by atoms with van der Waals surface area (Å²) in [6, 6.07) is 7.63. The van der Waals surface area contributed by atoms with E-state index < -0.39 is 6.10 Å². The van der Waals surface area contributed by atoms with Crippen molar-refractivity contribution in [3.63, 3.8) is 0 Å². The molecule has 0 aliphatic carbocycles. The van der Waals surface area contributed by atoms with Gasteiger partial charge in [-0.05, 0) is 18.6 Å². The molecule has 1 rings (SSSR count). The topological polar surface area (TPSA) is 73.2 Å². The lowest BCUT2D eigenvalue weighted by molar-refractivity contribution is 0.0550. The molecule has 0 heterocycles. The number of nitrogens with zero attached hydrogens (tertiary/aromatic N) is 1. The van der Waals surface area contributed by atoms with Crippen LogP contribution in [0.1, 0.15) is 5.56 Å². The zero-order valence-corrected chi connectivity index (χ0v) is 11.3. The highest BCUT2D eigenvalue weighted by molar-refractivity contribution is 5.31. The molecule has 0 saturated heterocycles. The van der Waals surface area contributed by atoms with Crippen molar-refractivity contribution in [3.05, 3.63) is 29.8 Å². The highest BCUT2D eigenvalue weighted by Gasteiger charge is 2.12. The number of rotatable bonds is 9. The van der Waals surface area contributed by atoms with Crippen molar-refractivity contribution in [2.45, 2.75) is 13.0 Å². The Morgan fingerprint density at radius 2 is 1.79 bits per heavy atom. The molecule has 3 N–H and O–H groups in total. The summed E-state index contributed by atoms with van der Waals surface area (Å²) in [7, 11) is 0. The maximum absolute atomic E-state index is 9.90. The first kappa shape index (κ1) is 15.9. The normalized spacial score (nSPS) is 12.7. The van der Waals surface area contributed by atoms with Gasteiger partial charge in [0.15, 0.2) is 0 Å². The second-order valence-corrected chi connectivity index (χ2v) is 4.48. The molecule has 19 heavy (non-hydrogen) atoms. The minimum Gasteiger partial charge on any atom is -0.491 e. The second kappa shape index (κ2) is 8.87. The van der Waals surface area contributed by atoms with Crippen molar-refractivity contribution >= 4 is 0 Å². The average Bonchev–Trinajstić information content (AvgIpc) is 2.38. The summed E-state index contributed by atoms with van der Waals surface area (Å²) < 4.78 is 5.55. The van der Waals surface area contributed by atoms with E-state index >= 15 is 0 Å². The predicted molar refractivity (Wildman–Crippen MR) is 73.3 cm³/mol. The number of aliphatic hydroxyl groups excluding tert-OH is 3. The summed E-state index contributed by atoms with van der Waals surface area (Å²) >= 11 is 0. The molecule has 0 unspecified atom stereocenters. The Bertz CT molecular complexity index is 353. The first-order valence-electron chi connectivity index (χ1n) is 6.48. The molecule has 5 nitrogen and oxygen atoms in total. The highest BCUT2D eigenvalue weighted by Crippen LogP contribution is 2.16. The third-order valence-electron chi connectivity index (χ3n) is 2.83. The Labute approximate surface area is 114 Å². The zero-order chi connectivity index (χ0) is 14.1. The summed E-state index contributed by atoms with van der Waals surface area (Å²) in [5.74, 6) is 0.761. The fourth-order valence-electron chi connectivity index (χ4n) is 1.83. The quantitative estimate of drug-likeness (QED) is 0.589. The van der Waals surface area contributed by atoms with Gasteiger partial charge in [0.25, 0.3) is 0 Å². The number of aliphatic hydroxyl groups is 3. The number of aryl methyl sites for hydroxylation is 1. The zero-order valence-electron chi connectivity index (χ0n) is 11.3. The SMILES string of the molecule is Cc1ccccc1OC[C@H](O)CN(CCO)CCO. The number of hydrogen-bond donors (Lipinski definition) is 3. The van der Waals surface area contributed by atoms with E-state index in [0.29, 0.717) is 19.6 Å². The fraction of sp³-hybridized carbons (Fsp3) is 0.571. The maximum atomic E-state index is 9.90. The number of para-hydroxylation sites is 1. The third kappa shape index (κ3) is 6.02. The Kier molecular flexibility index (Phi) is 7.43. The van der Waals surface area contributed by atoms with Crippen LogP contribution in [-0.2, 0) is 0 Å². The van der Waals surface area contributed by atoms with Gasteiger partial charge in [0, 0.05) is 19.6 Å². The minimum atomic E-state index is -0.655. The molecule has 0 spiro atoms. The van der Waals surface area contributed by atoms with E-state index in [1.165, 1.54) is 0 Å². The second-order valence-electron chi connectivity index (χ2n) is 4.48. The summed E-state index contributed by atoms with van der Waals surface area (Å²) in [5.41, 5.74) is 1.03. The molecule has 0 radical (unpaired) electrons. The molecule has 0 aliphatic heterocycles. The minimum absolute atomic E-state index is 0.00533. The molecule has 1 aromatic rings. The molecule has 1 atom stereocenters. The van der Waals surface area contributed by atoms with Gasteiger partial charge >= 0.3 is 0 Å². The predicted octanol–water partition coefficient (Wildman–Crippen LogP) is 0.0213. The van der Waals surface area contributed by atoms with Crippen LogP contribution < -0.4 is 4.74 Å². The van der Waals surface area contributed by atoms with Crippen LogP contribution in [0.25, 0.3) is 0 Å². The van der Waals surface area contributed by atoms with Gasteiger partial charge < -0.3 is 20.1 Å². The van der Waals surface area contributed by atoms with Crippen LogP contribution in [0.2, 0.25) is 0 Å². The van der Waals surface area contributed by atoms with E-state index in [0.717, 1.165) is 11.3 Å². The van der Waals surface area contributed by atoms with Crippen LogP contribution in [0.5, 0.6) is 5.75 Å². The molecule has 108 valence electrons. The molecule has 0 saturated carbocycles. The van der Waals surface area contributed by atoms with Crippen molar-refractivity contribution in [2.75, 3.05) is 39.5 Å². The Morgan fingerprint density at radius 1 is 1.16 bits per heavy atom. The van der Waals surface area contributed by atoms with Crippen LogP contribution in [0.15, 0.2) is 24.3 Å². The van der Waals surface area contributed by atoms with E-state index in [1.807, 2.05) is 31.2 Å². The van der Waals surface area contributed by atoms with Crippen molar-refractivity contribution in [2.24, 2.45) is 0 Å². The van der Waals surface area contributed by atoms with Crippen LogP contribution in [0, 0.1) is 6.92 Å². The van der Waals surface area contributed by atoms with Gasteiger partial charge in [0.05, 0.1) is 13.2 Å². The van der Waals surface area contributed by atoms with Gasteiger partial charge in [0.1, 0.15) is 18.5 Å². The lowest BCUT2D eigenvalue weighted by Crippen LogP contribution is -2.38. The molecule has 0 amide bonds. The first-order chi connectivity index (χ1) is 9.17. The van der Waals surface area contributed by atoms with Gasteiger partial charge in [-0.25, -0.2) is 0 Å². The van der Waals surface area contributed by atoms with Crippen LogP contribution in [0.3, 0.4) is 0 Å². The number of hydrogen-bond acceptors (Lipinski definition) is 5. The maximum Gasteiger partial charge on any atom is 0.122 e. The molecule has 0 aromatic heterocycles. The molecule has 0 aliphatic rings. The van der Waals surface area contributed by atoms with Crippen molar-refractivity contribution in [1.29, 1.82) is 0 Å². The van der Waals surface area contributed by atoms with Gasteiger partial charge in [-0.1, -0.05) is 18.2 Å². The summed E-state index contributed by atoms with van der Waals surface area (Å²) in [6.07, 6.45) is -0.655. The average molecular weight is 269 g/mol. The van der Waals surface area contributed by atoms with Crippen LogP contribution >= 0.6 is 0 Å². The summed E-state index contributed by atoms with van der Waals surface area (Å²) in [6.45, 7) is 3.39. The van der Waals surface area contributed by atoms with Crippen molar-refractivity contribution in [1.82, 2.24) is 4.90 Å². The monoisotopic (exact) mass is 269 g/mol. The van der Waals surface area contributed by atoms with Crippen LogP contribution in [0.4, 0.5) is 0 Å². The standard InChI is InChI=1S/C14H23NO4/c1-12-4-2-3-5-14(12)19-11-13(18)10-15(6-8-16)7-9-17/h2-5,13,16-18H,6-11H2,1H3/t13-/m1/s1. The lowest BCUT2D eigenvalue weighted by Gasteiger charge is -2.23. The molecule has 5 heteroatoms. The van der Waals surface area contributed by atoms with E-state index in [-0.39, 0.29) is 19.8 Å². The van der Waals surface area contributed by atoms with Gasteiger partial charge in [-0.15, -0.1) is 0 Å². The molecular weight excluding hydrogens is 246 g/mol. The third-order valence-corrected chi connectivity index (χ3v) is 2.83. The van der Waals surface area contributed by atoms with E-state index in [2.05, 4.69) is 0 Å². The molecular formula is C14H23NO4. The van der Waals surface area contributed by atoms with Crippen molar-refractivity contribution < 1.29 is 20.1 Å². The summed E-state index contributed by atoms with van der Waals surface area (Å²) in [4.78, 5) is 1.80. The van der Waals surface area contributed by atoms with Gasteiger partial charge in [-0.2, -0.15) is 0 Å². The Morgan fingerprint density at radius 3 is 2.37 bits per heavy atom. The highest BCUT2D eigenvalue weighted by atomic mass is 16.5. The van der Waals surface area contributed by atoms with Gasteiger partial charge in [-0.3, -0.25) is 4.90 Å². The largest absolute Gasteiger partial charge is 0.491 e. The Balaban J connectivity index is 2.38. The molecule has 1 aromatic carbocycles. The lowest BCUT2D eigenvalue weighted by atomic mass is 10.2. The van der Waals surface area contributed by atoms with E-state index in [9.17, 15) is 5.11 Å². The smallest absolute Gasteiger partial charge is 0.122 e. The van der Waals surface area contributed by atoms with E-state index in [1.54, 1.807) is 4.90 Å².